The van der Waals surface area contributed by atoms with Crippen LogP contribution in [0.2, 0.25) is 0 Å². The Bertz CT molecular complexity index is 433. The van der Waals surface area contributed by atoms with E-state index in [9.17, 15) is 5.11 Å². The molecule has 2 aliphatic rings. The Hall–Kier alpha value is -1.06. The number of nitrogens with zero attached hydrogens (tertiary/aromatic N) is 1. The topological polar surface area (TPSA) is 44.6 Å². The number of aliphatic imine (C=N–C) groups is 1. The largest absolute Gasteiger partial charge is 0.388 e. The molecule has 0 saturated carbocycles. The Morgan fingerprint density at radius 3 is 2.88 bits per heavy atom. The maximum atomic E-state index is 10.4. The molecule has 1 aliphatic carbocycles. The van der Waals surface area contributed by atoms with Crippen molar-refractivity contribution in [3.05, 3.63) is 35.4 Å². The molecular formula is C13H17ClN2O. The normalized spacial score (nSPS) is 26.5. The molecule has 0 unspecified atom stereocenters. The van der Waals surface area contributed by atoms with Gasteiger partial charge in [-0.25, -0.2) is 0 Å². The first-order valence-electron chi connectivity index (χ1n) is 5.90. The molecule has 0 radical (unpaired) electrons. The van der Waals surface area contributed by atoms with Crippen LogP contribution in [0.3, 0.4) is 0 Å². The molecule has 0 aromatic heterocycles. The fourth-order valence-corrected chi connectivity index (χ4v) is 2.69. The van der Waals surface area contributed by atoms with Gasteiger partial charge < -0.3 is 10.4 Å². The zero-order valence-electron chi connectivity index (χ0n) is 9.60. The van der Waals surface area contributed by atoms with Crippen molar-refractivity contribution in [2.45, 2.75) is 18.9 Å². The van der Waals surface area contributed by atoms with Crippen LogP contribution in [0.25, 0.3) is 0 Å². The molecule has 1 aromatic rings. The number of hydrogen-bond acceptors (Lipinski definition) is 3. The minimum atomic E-state index is -0.394. The standard InChI is InChI=1S/C13H16N2O.ClH/c16-12-10-4-2-1-3-9(10)5-6-11(12)13-14-7-8-15-13;/h1-4,11-12,16H,5-8H2,(H,14,15);1H/t11-,12-;/m1./s1. The summed E-state index contributed by atoms with van der Waals surface area (Å²) in [4.78, 5) is 4.43. The first-order valence-corrected chi connectivity index (χ1v) is 5.90. The number of aliphatic hydroxyl groups excluding tert-OH is 1. The summed E-state index contributed by atoms with van der Waals surface area (Å²) >= 11 is 0. The maximum Gasteiger partial charge on any atom is 0.103 e. The van der Waals surface area contributed by atoms with Crippen molar-refractivity contribution in [2.24, 2.45) is 10.9 Å². The zero-order chi connectivity index (χ0) is 11.0. The summed E-state index contributed by atoms with van der Waals surface area (Å²) in [5, 5.41) is 13.6. The Balaban J connectivity index is 0.00000108. The molecule has 1 heterocycles. The van der Waals surface area contributed by atoms with Gasteiger partial charge in [-0.1, -0.05) is 24.3 Å². The number of rotatable bonds is 1. The van der Waals surface area contributed by atoms with Crippen molar-refractivity contribution < 1.29 is 5.11 Å². The summed E-state index contributed by atoms with van der Waals surface area (Å²) in [5.41, 5.74) is 2.36. The third kappa shape index (κ3) is 2.17. The minimum Gasteiger partial charge on any atom is -0.388 e. The predicted octanol–water partition coefficient (Wildman–Crippen LogP) is 1.71. The average molecular weight is 253 g/mol. The van der Waals surface area contributed by atoms with E-state index >= 15 is 0 Å². The van der Waals surface area contributed by atoms with Gasteiger partial charge in [-0.05, 0) is 24.0 Å². The molecule has 17 heavy (non-hydrogen) atoms. The lowest BCUT2D eigenvalue weighted by molar-refractivity contribution is 0.125. The van der Waals surface area contributed by atoms with Gasteiger partial charge in [-0.15, -0.1) is 12.4 Å². The van der Waals surface area contributed by atoms with Crippen LogP contribution in [-0.4, -0.2) is 24.0 Å². The van der Waals surface area contributed by atoms with E-state index in [1.807, 2.05) is 18.2 Å². The lowest BCUT2D eigenvalue weighted by Gasteiger charge is -2.30. The molecule has 2 N–H and O–H groups in total. The van der Waals surface area contributed by atoms with Crippen LogP contribution in [0.1, 0.15) is 23.7 Å². The van der Waals surface area contributed by atoms with Crippen LogP contribution in [0, 0.1) is 5.92 Å². The number of benzene rings is 1. The molecule has 1 aliphatic heterocycles. The van der Waals surface area contributed by atoms with E-state index in [-0.39, 0.29) is 18.3 Å². The van der Waals surface area contributed by atoms with E-state index < -0.39 is 6.10 Å². The second kappa shape index (κ2) is 5.07. The van der Waals surface area contributed by atoms with Crippen molar-refractivity contribution in [2.75, 3.05) is 13.1 Å². The second-order valence-corrected chi connectivity index (χ2v) is 4.48. The average Bonchev–Trinajstić information content (AvgIpc) is 2.83. The van der Waals surface area contributed by atoms with Gasteiger partial charge in [0.05, 0.1) is 12.6 Å². The van der Waals surface area contributed by atoms with E-state index in [1.165, 1.54) is 5.56 Å². The van der Waals surface area contributed by atoms with Gasteiger partial charge in [0.15, 0.2) is 0 Å². The lowest BCUT2D eigenvalue weighted by atomic mass is 9.81. The molecule has 0 amide bonds. The molecule has 1 aromatic carbocycles. The van der Waals surface area contributed by atoms with Crippen LogP contribution in [-0.2, 0) is 6.42 Å². The van der Waals surface area contributed by atoms with E-state index in [1.54, 1.807) is 0 Å². The molecule has 0 saturated heterocycles. The smallest absolute Gasteiger partial charge is 0.103 e. The van der Waals surface area contributed by atoms with Gasteiger partial charge in [0.1, 0.15) is 5.84 Å². The highest BCUT2D eigenvalue weighted by molar-refractivity contribution is 5.87. The third-order valence-corrected chi connectivity index (χ3v) is 3.53. The van der Waals surface area contributed by atoms with Crippen molar-refractivity contribution >= 4 is 18.2 Å². The van der Waals surface area contributed by atoms with Gasteiger partial charge in [0.2, 0.25) is 0 Å². The summed E-state index contributed by atoms with van der Waals surface area (Å²) in [6, 6.07) is 8.17. The van der Waals surface area contributed by atoms with Crippen LogP contribution < -0.4 is 5.32 Å². The summed E-state index contributed by atoms with van der Waals surface area (Å²) in [6.07, 6.45) is 1.64. The number of amidine groups is 1. The third-order valence-electron chi connectivity index (χ3n) is 3.53. The summed E-state index contributed by atoms with van der Waals surface area (Å²) < 4.78 is 0. The predicted molar refractivity (Wildman–Crippen MR) is 70.8 cm³/mol. The highest BCUT2D eigenvalue weighted by Crippen LogP contribution is 2.34. The Labute approximate surface area is 107 Å². The molecule has 3 rings (SSSR count). The first kappa shape index (κ1) is 12.4. The van der Waals surface area contributed by atoms with Gasteiger partial charge in [-0.2, -0.15) is 0 Å². The second-order valence-electron chi connectivity index (χ2n) is 4.48. The summed E-state index contributed by atoms with van der Waals surface area (Å²) in [5.74, 6) is 1.17. The molecule has 0 bridgehead atoms. The maximum absolute atomic E-state index is 10.4. The monoisotopic (exact) mass is 252 g/mol. The van der Waals surface area contributed by atoms with Crippen molar-refractivity contribution in [1.82, 2.24) is 5.32 Å². The van der Waals surface area contributed by atoms with E-state index in [0.717, 1.165) is 37.3 Å². The van der Waals surface area contributed by atoms with Crippen LogP contribution in [0.5, 0.6) is 0 Å². The Kier molecular flexibility index (Phi) is 3.69. The number of aryl methyl sites for hydroxylation is 1. The van der Waals surface area contributed by atoms with Gasteiger partial charge in [0.25, 0.3) is 0 Å². The van der Waals surface area contributed by atoms with E-state index in [2.05, 4.69) is 16.4 Å². The van der Waals surface area contributed by atoms with Crippen LogP contribution in [0.4, 0.5) is 0 Å². The molecule has 0 spiro atoms. The number of nitrogens with one attached hydrogen (secondary N) is 1. The quantitative estimate of drug-likeness (QED) is 0.799. The highest BCUT2D eigenvalue weighted by atomic mass is 35.5. The summed E-state index contributed by atoms with van der Waals surface area (Å²) in [6.45, 7) is 1.76. The molecule has 2 atom stereocenters. The van der Waals surface area contributed by atoms with Crippen molar-refractivity contribution in [3.8, 4) is 0 Å². The van der Waals surface area contributed by atoms with Crippen LogP contribution >= 0.6 is 12.4 Å². The minimum absolute atomic E-state index is 0. The SMILES string of the molecule is Cl.O[C@@H]1c2ccccc2CC[C@H]1C1=NCCN1. The zero-order valence-corrected chi connectivity index (χ0v) is 10.4. The fraction of sp³-hybridized carbons (Fsp3) is 0.462. The van der Waals surface area contributed by atoms with E-state index in [0.29, 0.717) is 0 Å². The number of fused-ring (bicyclic) bond motifs is 1. The number of halogens is 1. The van der Waals surface area contributed by atoms with Crippen LogP contribution in [0.15, 0.2) is 29.3 Å². The van der Waals surface area contributed by atoms with Gasteiger partial charge in [0, 0.05) is 12.5 Å². The molecule has 0 fully saturated rings. The molecular weight excluding hydrogens is 236 g/mol. The highest BCUT2D eigenvalue weighted by Gasteiger charge is 2.32. The molecule has 3 nitrogen and oxygen atoms in total. The summed E-state index contributed by atoms with van der Waals surface area (Å²) in [7, 11) is 0. The molecule has 4 heteroatoms. The Morgan fingerprint density at radius 2 is 2.12 bits per heavy atom. The van der Waals surface area contributed by atoms with Crippen molar-refractivity contribution in [1.29, 1.82) is 0 Å². The molecule has 92 valence electrons. The van der Waals surface area contributed by atoms with Gasteiger partial charge in [-0.3, -0.25) is 4.99 Å². The lowest BCUT2D eigenvalue weighted by Crippen LogP contribution is -2.34. The number of hydrogen-bond donors (Lipinski definition) is 2. The fourth-order valence-electron chi connectivity index (χ4n) is 2.69. The first-order chi connectivity index (χ1) is 7.86. The van der Waals surface area contributed by atoms with E-state index in [4.69, 9.17) is 0 Å². The number of aliphatic hydroxyl groups is 1. The van der Waals surface area contributed by atoms with Gasteiger partial charge >= 0.3 is 0 Å². The van der Waals surface area contributed by atoms with Crippen molar-refractivity contribution in [3.63, 3.8) is 0 Å². The Morgan fingerprint density at radius 1 is 1.29 bits per heavy atom.